The second kappa shape index (κ2) is 5.72. The first-order chi connectivity index (χ1) is 10.5. The molecule has 2 aliphatic rings. The van der Waals surface area contributed by atoms with Crippen molar-refractivity contribution < 1.29 is 19.4 Å². The predicted molar refractivity (Wildman–Crippen MR) is 76.9 cm³/mol. The lowest BCUT2D eigenvalue weighted by molar-refractivity contribution is -0.149. The highest BCUT2D eigenvalue weighted by molar-refractivity contribution is 5.82. The molecule has 3 rings (SSSR count). The summed E-state index contributed by atoms with van der Waals surface area (Å²) in [5.41, 5.74) is 0.172. The van der Waals surface area contributed by atoms with Gasteiger partial charge in [0.05, 0.1) is 17.7 Å². The zero-order valence-corrected chi connectivity index (χ0v) is 12.7. The number of rotatable bonds is 5. The number of carbonyl (C=O) groups is 2. The van der Waals surface area contributed by atoms with Crippen LogP contribution >= 0.6 is 0 Å². The van der Waals surface area contributed by atoms with Gasteiger partial charge in [-0.05, 0) is 24.8 Å². The molecule has 1 saturated carbocycles. The van der Waals surface area contributed by atoms with E-state index in [1.807, 2.05) is 13.1 Å². The number of hydrogen-bond donors (Lipinski definition) is 1. The summed E-state index contributed by atoms with van der Waals surface area (Å²) in [6, 6.07) is 1.84. The molecule has 0 unspecified atom stereocenters. The molecule has 1 aromatic rings. The summed E-state index contributed by atoms with van der Waals surface area (Å²) in [6.45, 7) is 1.16. The molecule has 1 N–H and O–H groups in total. The Bertz CT molecular complexity index is 585. The smallest absolute Gasteiger partial charge is 0.311 e. The van der Waals surface area contributed by atoms with Gasteiger partial charge in [0.25, 0.3) is 0 Å². The van der Waals surface area contributed by atoms with Gasteiger partial charge in [0, 0.05) is 26.3 Å². The fourth-order valence-electron chi connectivity index (χ4n) is 3.71. The molecule has 0 aromatic carbocycles. The second-order valence-corrected chi connectivity index (χ2v) is 6.26. The third-order valence-corrected chi connectivity index (χ3v) is 5.05. The van der Waals surface area contributed by atoms with Crippen LogP contribution in [0.5, 0.6) is 0 Å². The molecule has 7 heteroatoms. The van der Waals surface area contributed by atoms with Gasteiger partial charge in [0.2, 0.25) is 5.91 Å². The average Bonchev–Trinajstić information content (AvgIpc) is 3.12. The monoisotopic (exact) mass is 307 g/mol. The normalized spacial score (nSPS) is 27.1. The Morgan fingerprint density at radius 3 is 3.00 bits per heavy atom. The number of fused-ring (bicyclic) bond motifs is 1. The van der Waals surface area contributed by atoms with Crippen molar-refractivity contribution in [2.45, 2.75) is 25.9 Å². The highest BCUT2D eigenvalue weighted by atomic mass is 16.5. The molecule has 2 fully saturated rings. The van der Waals surface area contributed by atoms with Gasteiger partial charge in [-0.3, -0.25) is 14.3 Å². The van der Waals surface area contributed by atoms with E-state index in [0.29, 0.717) is 26.1 Å². The standard InChI is InChI=1S/C15H21N3O4/c1-17-12(4-6-16-17)8-22-9-13(19)18-7-11-3-2-5-15(11,10-18)14(20)21/h4,6,11H,2-3,5,7-10H2,1H3,(H,20,21)/t11-,15+/m0/s1. The Morgan fingerprint density at radius 1 is 1.55 bits per heavy atom. The maximum absolute atomic E-state index is 12.2. The molecule has 1 aliphatic heterocycles. The largest absolute Gasteiger partial charge is 0.481 e. The molecular weight excluding hydrogens is 286 g/mol. The molecule has 22 heavy (non-hydrogen) atoms. The molecule has 0 bridgehead atoms. The summed E-state index contributed by atoms with van der Waals surface area (Å²) in [6.07, 6.45) is 4.19. The Morgan fingerprint density at radius 2 is 2.36 bits per heavy atom. The van der Waals surface area contributed by atoms with Crippen molar-refractivity contribution in [2.24, 2.45) is 18.4 Å². The van der Waals surface area contributed by atoms with E-state index in [1.165, 1.54) is 0 Å². The highest BCUT2D eigenvalue weighted by Crippen LogP contribution is 2.48. The number of amides is 1. The van der Waals surface area contributed by atoms with Crippen molar-refractivity contribution in [3.63, 3.8) is 0 Å². The number of likely N-dealkylation sites (tertiary alicyclic amines) is 1. The lowest BCUT2D eigenvalue weighted by atomic mass is 9.81. The van der Waals surface area contributed by atoms with Crippen LogP contribution in [0.25, 0.3) is 0 Å². The van der Waals surface area contributed by atoms with E-state index in [-0.39, 0.29) is 18.4 Å². The Balaban J connectivity index is 1.54. The van der Waals surface area contributed by atoms with E-state index < -0.39 is 11.4 Å². The van der Waals surface area contributed by atoms with E-state index in [1.54, 1.807) is 15.8 Å². The second-order valence-electron chi connectivity index (χ2n) is 6.26. The van der Waals surface area contributed by atoms with Crippen molar-refractivity contribution in [1.29, 1.82) is 0 Å². The van der Waals surface area contributed by atoms with Gasteiger partial charge in [0.1, 0.15) is 6.61 Å². The molecule has 1 amide bonds. The van der Waals surface area contributed by atoms with Crippen LogP contribution in [0.1, 0.15) is 25.0 Å². The van der Waals surface area contributed by atoms with Crippen molar-refractivity contribution >= 4 is 11.9 Å². The summed E-state index contributed by atoms with van der Waals surface area (Å²) in [4.78, 5) is 25.5. The number of aliphatic carboxylic acids is 1. The number of aryl methyl sites for hydroxylation is 1. The topological polar surface area (TPSA) is 84.7 Å². The van der Waals surface area contributed by atoms with Gasteiger partial charge >= 0.3 is 5.97 Å². The van der Waals surface area contributed by atoms with Crippen LogP contribution < -0.4 is 0 Å². The molecule has 1 saturated heterocycles. The minimum atomic E-state index is -0.763. The van der Waals surface area contributed by atoms with Crippen LogP contribution in [0.4, 0.5) is 0 Å². The van der Waals surface area contributed by atoms with Gasteiger partial charge in [-0.2, -0.15) is 5.10 Å². The first kappa shape index (κ1) is 15.0. The molecule has 2 heterocycles. The third kappa shape index (κ3) is 2.49. The maximum Gasteiger partial charge on any atom is 0.311 e. The fourth-order valence-corrected chi connectivity index (χ4v) is 3.71. The number of carboxylic acids is 1. The number of nitrogens with zero attached hydrogens (tertiary/aromatic N) is 3. The fraction of sp³-hybridized carbons (Fsp3) is 0.667. The summed E-state index contributed by atoms with van der Waals surface area (Å²) >= 11 is 0. The van der Waals surface area contributed by atoms with E-state index in [2.05, 4.69) is 5.10 Å². The minimum Gasteiger partial charge on any atom is -0.481 e. The molecule has 120 valence electrons. The maximum atomic E-state index is 12.2. The lowest BCUT2D eigenvalue weighted by Crippen LogP contribution is -2.38. The highest BCUT2D eigenvalue weighted by Gasteiger charge is 2.55. The lowest BCUT2D eigenvalue weighted by Gasteiger charge is -2.23. The van der Waals surface area contributed by atoms with E-state index in [0.717, 1.165) is 18.5 Å². The number of aromatic nitrogens is 2. The first-order valence-corrected chi connectivity index (χ1v) is 7.59. The van der Waals surface area contributed by atoms with Gasteiger partial charge in [-0.25, -0.2) is 0 Å². The third-order valence-electron chi connectivity index (χ3n) is 5.05. The minimum absolute atomic E-state index is 0.0202. The summed E-state index contributed by atoms with van der Waals surface area (Å²) in [7, 11) is 1.82. The number of carboxylic acid groups (broad SMARTS) is 1. The van der Waals surface area contributed by atoms with Gasteiger partial charge in [-0.1, -0.05) is 6.42 Å². The van der Waals surface area contributed by atoms with E-state index in [4.69, 9.17) is 4.74 Å². The van der Waals surface area contributed by atoms with Crippen molar-refractivity contribution in [3.05, 3.63) is 18.0 Å². The van der Waals surface area contributed by atoms with Crippen LogP contribution in [-0.2, 0) is 28.0 Å². The summed E-state index contributed by atoms with van der Waals surface area (Å²) in [5, 5.41) is 13.6. The van der Waals surface area contributed by atoms with Crippen molar-refractivity contribution in [3.8, 4) is 0 Å². The Hall–Kier alpha value is -1.89. The molecule has 0 radical (unpaired) electrons. The predicted octanol–water partition coefficient (Wildman–Crippen LogP) is 0.650. The number of ether oxygens (including phenoxy) is 1. The molecular formula is C15H21N3O4. The van der Waals surface area contributed by atoms with Gasteiger partial charge in [0.15, 0.2) is 0 Å². The van der Waals surface area contributed by atoms with Crippen LogP contribution in [0, 0.1) is 11.3 Å². The number of carbonyl (C=O) groups excluding carboxylic acids is 1. The van der Waals surface area contributed by atoms with Crippen molar-refractivity contribution in [2.75, 3.05) is 19.7 Å². The summed E-state index contributed by atoms with van der Waals surface area (Å²) < 4.78 is 7.15. The molecule has 1 aromatic heterocycles. The van der Waals surface area contributed by atoms with Crippen LogP contribution in [0.15, 0.2) is 12.3 Å². The van der Waals surface area contributed by atoms with E-state index >= 15 is 0 Å². The molecule has 0 spiro atoms. The van der Waals surface area contributed by atoms with Gasteiger partial charge < -0.3 is 14.7 Å². The van der Waals surface area contributed by atoms with Crippen molar-refractivity contribution in [1.82, 2.24) is 14.7 Å². The van der Waals surface area contributed by atoms with Crippen LogP contribution in [-0.4, -0.2) is 51.4 Å². The molecule has 2 atom stereocenters. The molecule has 1 aliphatic carbocycles. The quantitative estimate of drug-likeness (QED) is 0.863. The zero-order valence-electron chi connectivity index (χ0n) is 12.7. The van der Waals surface area contributed by atoms with Crippen LogP contribution in [0.3, 0.4) is 0 Å². The SMILES string of the molecule is Cn1nccc1COCC(=O)N1C[C@@H]2CCC[C@@]2(C(=O)O)C1. The Labute approximate surface area is 128 Å². The first-order valence-electron chi connectivity index (χ1n) is 7.59. The van der Waals surface area contributed by atoms with Crippen LogP contribution in [0.2, 0.25) is 0 Å². The van der Waals surface area contributed by atoms with E-state index in [9.17, 15) is 14.7 Å². The average molecular weight is 307 g/mol. The molecule has 7 nitrogen and oxygen atoms in total. The summed E-state index contributed by atoms with van der Waals surface area (Å²) in [5.74, 6) is -0.802. The van der Waals surface area contributed by atoms with Gasteiger partial charge in [-0.15, -0.1) is 0 Å². The Kier molecular flexibility index (Phi) is 3.90. The zero-order chi connectivity index (χ0) is 15.7. The number of hydrogen-bond acceptors (Lipinski definition) is 4.